The second kappa shape index (κ2) is 10.2. The lowest BCUT2D eigenvalue weighted by molar-refractivity contribution is 0.0686. The van der Waals surface area contributed by atoms with Crippen LogP contribution in [0.4, 0.5) is 0 Å². The van der Waals surface area contributed by atoms with Crippen LogP contribution in [0.3, 0.4) is 0 Å². The Morgan fingerprint density at radius 3 is 1.78 bits per heavy atom. The zero-order chi connectivity index (χ0) is 25.1. The van der Waals surface area contributed by atoms with E-state index in [1.165, 1.54) is 6.42 Å². The molecule has 4 aromatic rings. The Morgan fingerprint density at radius 2 is 1.14 bits per heavy atom. The van der Waals surface area contributed by atoms with E-state index >= 15 is 0 Å². The monoisotopic (exact) mass is 476 g/mol. The zero-order valence-electron chi connectivity index (χ0n) is 20.0. The number of benzene rings is 4. The first-order valence-electron chi connectivity index (χ1n) is 12.4. The Labute approximate surface area is 210 Å². The minimum Gasteiger partial charge on any atom is -0.478 e. The summed E-state index contributed by atoms with van der Waals surface area (Å²) in [5.41, 5.74) is 6.36. The van der Waals surface area contributed by atoms with Crippen LogP contribution in [0.2, 0.25) is 0 Å². The van der Waals surface area contributed by atoms with E-state index in [1.807, 2.05) is 48.5 Å². The van der Waals surface area contributed by atoms with E-state index in [2.05, 4.69) is 18.2 Å². The van der Waals surface area contributed by atoms with Crippen molar-refractivity contribution in [2.45, 2.75) is 38.0 Å². The summed E-state index contributed by atoms with van der Waals surface area (Å²) in [7, 11) is 0. The smallest absolute Gasteiger partial charge is 0.336 e. The average molecular weight is 477 g/mol. The summed E-state index contributed by atoms with van der Waals surface area (Å²) in [6.07, 6.45) is 5.51. The lowest BCUT2D eigenvalue weighted by Gasteiger charge is -2.28. The third-order valence-corrected chi connectivity index (χ3v) is 7.20. The topological polar surface area (TPSA) is 74.6 Å². The molecule has 5 rings (SSSR count). The van der Waals surface area contributed by atoms with Gasteiger partial charge >= 0.3 is 11.9 Å². The van der Waals surface area contributed by atoms with Crippen LogP contribution in [0.1, 0.15) is 64.3 Å². The number of carboxylic acid groups (broad SMARTS) is 2. The molecule has 0 aromatic heterocycles. The van der Waals surface area contributed by atoms with Crippen LogP contribution in [0.5, 0.6) is 0 Å². The molecule has 0 spiro atoms. The number of hydrogen-bond donors (Lipinski definition) is 2. The summed E-state index contributed by atoms with van der Waals surface area (Å²) < 4.78 is 0. The third-order valence-electron chi connectivity index (χ3n) is 7.20. The molecule has 0 bridgehead atoms. The third kappa shape index (κ3) is 4.55. The summed E-state index contributed by atoms with van der Waals surface area (Å²) in [6, 6.07) is 28.3. The molecular formula is C32H28O4. The Bertz CT molecular complexity index is 1420. The standard InChI is InChI=1S/C32H28O4/c33-31(34)26-17-9-7-15-24(26)29-20-23(21-11-3-1-4-12-21)19-28(22-13-5-2-6-14-22)30(29)25-16-8-10-18-27(25)32(35)36/h1,3-4,7-12,15-20,22H,2,5-6,13-14H2,(H,33,34)(H,35,36). The molecule has 0 heterocycles. The molecule has 1 fully saturated rings. The fraction of sp³-hybridized carbons (Fsp3) is 0.188. The molecule has 1 aliphatic rings. The van der Waals surface area contributed by atoms with Gasteiger partial charge in [-0.3, -0.25) is 0 Å². The quantitative estimate of drug-likeness (QED) is 0.295. The molecular weight excluding hydrogens is 448 g/mol. The molecule has 4 nitrogen and oxygen atoms in total. The molecule has 1 aliphatic carbocycles. The second-order valence-corrected chi connectivity index (χ2v) is 9.39. The summed E-state index contributed by atoms with van der Waals surface area (Å²) in [4.78, 5) is 24.6. The second-order valence-electron chi connectivity index (χ2n) is 9.39. The van der Waals surface area contributed by atoms with Gasteiger partial charge in [-0.05, 0) is 75.9 Å². The maximum Gasteiger partial charge on any atom is 0.336 e. The lowest BCUT2D eigenvalue weighted by Crippen LogP contribution is -2.10. The Kier molecular flexibility index (Phi) is 6.68. The zero-order valence-corrected chi connectivity index (χ0v) is 20.0. The SMILES string of the molecule is O=C(O)c1ccccc1-c1cc(-c2ccccc2)cc(C2CCCCC2)c1-c1ccccc1C(=O)O. The maximum atomic E-state index is 12.3. The van der Waals surface area contributed by atoms with Crippen molar-refractivity contribution in [3.63, 3.8) is 0 Å². The van der Waals surface area contributed by atoms with Crippen molar-refractivity contribution in [3.05, 3.63) is 108 Å². The molecule has 0 radical (unpaired) electrons. The van der Waals surface area contributed by atoms with Crippen molar-refractivity contribution in [3.8, 4) is 33.4 Å². The molecule has 0 unspecified atom stereocenters. The van der Waals surface area contributed by atoms with Gasteiger partial charge in [-0.25, -0.2) is 9.59 Å². The van der Waals surface area contributed by atoms with Gasteiger partial charge in [0.15, 0.2) is 0 Å². The van der Waals surface area contributed by atoms with E-state index in [4.69, 9.17) is 0 Å². The van der Waals surface area contributed by atoms with E-state index < -0.39 is 11.9 Å². The molecule has 180 valence electrons. The Balaban J connectivity index is 1.90. The van der Waals surface area contributed by atoms with E-state index in [-0.39, 0.29) is 17.0 Å². The highest BCUT2D eigenvalue weighted by Gasteiger charge is 2.27. The first-order valence-corrected chi connectivity index (χ1v) is 12.4. The van der Waals surface area contributed by atoms with Gasteiger partial charge in [0.1, 0.15) is 0 Å². The fourth-order valence-electron chi connectivity index (χ4n) is 5.50. The van der Waals surface area contributed by atoms with Gasteiger partial charge in [0, 0.05) is 0 Å². The predicted octanol–water partition coefficient (Wildman–Crippen LogP) is 8.13. The Morgan fingerprint density at radius 1 is 0.583 bits per heavy atom. The number of rotatable bonds is 6. The number of carboxylic acids is 2. The molecule has 2 N–H and O–H groups in total. The van der Waals surface area contributed by atoms with Crippen molar-refractivity contribution < 1.29 is 19.8 Å². The van der Waals surface area contributed by atoms with E-state index in [9.17, 15) is 19.8 Å². The molecule has 36 heavy (non-hydrogen) atoms. The molecule has 0 saturated heterocycles. The summed E-state index contributed by atoms with van der Waals surface area (Å²) in [5.74, 6) is -1.73. The minimum atomic E-state index is -1.01. The number of hydrogen-bond acceptors (Lipinski definition) is 2. The van der Waals surface area contributed by atoms with Gasteiger partial charge in [-0.1, -0.05) is 92.1 Å². The normalized spacial score (nSPS) is 13.9. The van der Waals surface area contributed by atoms with Crippen LogP contribution >= 0.6 is 0 Å². The summed E-state index contributed by atoms with van der Waals surface area (Å²) in [6.45, 7) is 0. The van der Waals surface area contributed by atoms with Gasteiger partial charge in [0.2, 0.25) is 0 Å². The Hall–Kier alpha value is -4.18. The molecule has 0 atom stereocenters. The molecule has 0 aliphatic heterocycles. The van der Waals surface area contributed by atoms with Gasteiger partial charge in [0.25, 0.3) is 0 Å². The molecule has 4 heteroatoms. The van der Waals surface area contributed by atoms with Crippen LogP contribution < -0.4 is 0 Å². The van der Waals surface area contributed by atoms with E-state index in [0.29, 0.717) is 11.1 Å². The molecule has 0 amide bonds. The number of carbonyl (C=O) groups is 2. The van der Waals surface area contributed by atoms with Crippen molar-refractivity contribution in [2.75, 3.05) is 0 Å². The van der Waals surface area contributed by atoms with Crippen LogP contribution in [-0.2, 0) is 0 Å². The molecule has 1 saturated carbocycles. The highest BCUT2D eigenvalue weighted by molar-refractivity contribution is 6.04. The van der Waals surface area contributed by atoms with Crippen LogP contribution in [0.25, 0.3) is 33.4 Å². The highest BCUT2D eigenvalue weighted by atomic mass is 16.4. The van der Waals surface area contributed by atoms with Crippen molar-refractivity contribution in [1.29, 1.82) is 0 Å². The predicted molar refractivity (Wildman–Crippen MR) is 142 cm³/mol. The van der Waals surface area contributed by atoms with Crippen molar-refractivity contribution in [2.24, 2.45) is 0 Å². The first-order chi connectivity index (χ1) is 17.5. The fourth-order valence-corrected chi connectivity index (χ4v) is 5.50. The van der Waals surface area contributed by atoms with E-state index in [0.717, 1.165) is 53.5 Å². The minimum absolute atomic E-state index is 0.200. The van der Waals surface area contributed by atoms with E-state index in [1.54, 1.807) is 24.3 Å². The van der Waals surface area contributed by atoms with Crippen LogP contribution in [0.15, 0.2) is 91.0 Å². The highest BCUT2D eigenvalue weighted by Crippen LogP contribution is 2.46. The van der Waals surface area contributed by atoms with Gasteiger partial charge in [0.05, 0.1) is 11.1 Å². The molecule has 4 aromatic carbocycles. The lowest BCUT2D eigenvalue weighted by atomic mass is 9.76. The number of aromatic carboxylic acids is 2. The first kappa shape index (κ1) is 23.6. The average Bonchev–Trinajstić information content (AvgIpc) is 2.93. The van der Waals surface area contributed by atoms with Crippen LogP contribution in [-0.4, -0.2) is 22.2 Å². The van der Waals surface area contributed by atoms with Crippen molar-refractivity contribution in [1.82, 2.24) is 0 Å². The summed E-state index contributed by atoms with van der Waals surface area (Å²) >= 11 is 0. The maximum absolute atomic E-state index is 12.3. The van der Waals surface area contributed by atoms with Crippen molar-refractivity contribution >= 4 is 11.9 Å². The summed E-state index contributed by atoms with van der Waals surface area (Å²) in [5, 5.41) is 20.1. The largest absolute Gasteiger partial charge is 0.478 e. The van der Waals surface area contributed by atoms with Crippen LogP contribution in [0, 0.1) is 0 Å². The van der Waals surface area contributed by atoms with Gasteiger partial charge in [-0.2, -0.15) is 0 Å². The van der Waals surface area contributed by atoms with Gasteiger partial charge in [-0.15, -0.1) is 0 Å². The van der Waals surface area contributed by atoms with Gasteiger partial charge < -0.3 is 10.2 Å².